The Morgan fingerprint density at radius 3 is 2.67 bits per heavy atom. The van der Waals surface area contributed by atoms with Gasteiger partial charge in [0.15, 0.2) is 0 Å². The van der Waals surface area contributed by atoms with Gasteiger partial charge >= 0.3 is 0 Å². The summed E-state index contributed by atoms with van der Waals surface area (Å²) in [6.07, 6.45) is 0.571. The number of nitrogens with one attached hydrogen (secondary N) is 1. The van der Waals surface area contributed by atoms with Crippen LogP contribution in [0.5, 0.6) is 0 Å². The summed E-state index contributed by atoms with van der Waals surface area (Å²) in [5.74, 6) is -0.167. The van der Waals surface area contributed by atoms with E-state index >= 15 is 0 Å². The molecule has 0 aliphatic carbocycles. The van der Waals surface area contributed by atoms with Crippen LogP contribution >= 0.6 is 0 Å². The Kier molecular flexibility index (Phi) is 6.57. The maximum atomic E-state index is 13.2. The van der Waals surface area contributed by atoms with Gasteiger partial charge in [0.2, 0.25) is 10.0 Å². The van der Waals surface area contributed by atoms with E-state index in [1.807, 2.05) is 13.8 Å². The second-order valence-corrected chi connectivity index (χ2v) is 7.09. The minimum absolute atomic E-state index is 0.00417. The minimum atomic E-state index is -3.69. The third-order valence-electron chi connectivity index (χ3n) is 2.79. The average molecular weight is 318 g/mol. The van der Waals surface area contributed by atoms with Crippen LogP contribution in [0.25, 0.3) is 0 Å². The van der Waals surface area contributed by atoms with Gasteiger partial charge in [0, 0.05) is 19.8 Å². The van der Waals surface area contributed by atoms with Gasteiger partial charge in [-0.25, -0.2) is 17.5 Å². The summed E-state index contributed by atoms with van der Waals surface area (Å²) in [6, 6.07) is 2.26. The van der Waals surface area contributed by atoms with Crippen LogP contribution in [0.1, 0.15) is 25.8 Å². The summed E-state index contributed by atoms with van der Waals surface area (Å²) >= 11 is 0. The number of benzene rings is 1. The number of ether oxygens (including phenoxy) is 1. The van der Waals surface area contributed by atoms with Gasteiger partial charge in [0.05, 0.1) is 10.6 Å². The Balaban J connectivity index is 2.56. The van der Waals surface area contributed by atoms with Crippen LogP contribution < -0.4 is 10.5 Å². The van der Waals surface area contributed by atoms with Crippen molar-refractivity contribution in [2.24, 2.45) is 5.92 Å². The zero-order chi connectivity index (χ0) is 16.0. The molecule has 1 aromatic rings. The molecule has 7 heteroatoms. The Hall–Kier alpha value is -1.18. The molecule has 0 atom stereocenters. The Bertz CT molecular complexity index is 574. The molecule has 3 N–H and O–H groups in total. The molecule has 5 nitrogen and oxygen atoms in total. The lowest BCUT2D eigenvalue weighted by Crippen LogP contribution is -2.26. The van der Waals surface area contributed by atoms with E-state index in [9.17, 15) is 12.8 Å². The second kappa shape index (κ2) is 7.72. The summed E-state index contributed by atoms with van der Waals surface area (Å²) < 4.78 is 45.3. The minimum Gasteiger partial charge on any atom is -0.396 e. The molecule has 0 heterocycles. The number of halogens is 1. The third-order valence-corrected chi connectivity index (χ3v) is 4.40. The summed E-state index contributed by atoms with van der Waals surface area (Å²) in [7, 11) is -3.69. The van der Waals surface area contributed by atoms with Gasteiger partial charge in [-0.1, -0.05) is 13.8 Å². The molecule has 0 spiro atoms. The standard InChI is InChI=1S/C14H23FN2O3S/c1-10(2)9-20-6-4-5-17-21(18,19)14-8-13(16)12(15)7-11(14)3/h7-8,10,17H,4-6,9,16H2,1-3H3. The zero-order valence-electron chi connectivity index (χ0n) is 12.6. The van der Waals surface area contributed by atoms with Crippen molar-refractivity contribution in [1.29, 1.82) is 0 Å². The van der Waals surface area contributed by atoms with E-state index in [0.717, 1.165) is 12.1 Å². The normalized spacial score (nSPS) is 12.0. The number of nitrogens with two attached hydrogens (primary N) is 1. The van der Waals surface area contributed by atoms with Gasteiger partial charge in [-0.15, -0.1) is 0 Å². The number of nitrogen functional groups attached to an aromatic ring is 1. The average Bonchev–Trinajstić information content (AvgIpc) is 2.37. The first-order valence-corrected chi connectivity index (χ1v) is 8.35. The summed E-state index contributed by atoms with van der Waals surface area (Å²) in [5.41, 5.74) is 5.57. The van der Waals surface area contributed by atoms with Crippen LogP contribution in [-0.2, 0) is 14.8 Å². The largest absolute Gasteiger partial charge is 0.396 e. The molecule has 0 unspecified atom stereocenters. The van der Waals surface area contributed by atoms with Crippen molar-refractivity contribution in [3.05, 3.63) is 23.5 Å². The maximum Gasteiger partial charge on any atom is 0.240 e. The molecule has 21 heavy (non-hydrogen) atoms. The topological polar surface area (TPSA) is 81.4 Å². The van der Waals surface area contributed by atoms with Crippen LogP contribution in [0, 0.1) is 18.7 Å². The van der Waals surface area contributed by atoms with Crippen molar-refractivity contribution < 1.29 is 17.5 Å². The third kappa shape index (κ3) is 5.61. The molecule has 0 saturated heterocycles. The quantitative estimate of drug-likeness (QED) is 0.568. The fourth-order valence-corrected chi connectivity index (χ4v) is 3.07. The van der Waals surface area contributed by atoms with E-state index in [0.29, 0.717) is 31.1 Å². The van der Waals surface area contributed by atoms with Gasteiger partial charge in [-0.05, 0) is 37.0 Å². The van der Waals surface area contributed by atoms with Crippen LogP contribution in [0.15, 0.2) is 17.0 Å². The SMILES string of the molecule is Cc1cc(F)c(N)cc1S(=O)(=O)NCCCOCC(C)C. The van der Waals surface area contributed by atoms with Gasteiger partial charge < -0.3 is 10.5 Å². The van der Waals surface area contributed by atoms with Crippen LogP contribution in [0.3, 0.4) is 0 Å². The molecular formula is C14H23FN2O3S. The smallest absolute Gasteiger partial charge is 0.240 e. The molecule has 0 aliphatic heterocycles. The van der Waals surface area contributed by atoms with Crippen molar-refractivity contribution in [3.8, 4) is 0 Å². The number of aryl methyl sites for hydroxylation is 1. The number of anilines is 1. The van der Waals surface area contributed by atoms with E-state index in [2.05, 4.69) is 4.72 Å². The van der Waals surface area contributed by atoms with Gasteiger partial charge in [-0.3, -0.25) is 0 Å². The first-order valence-electron chi connectivity index (χ1n) is 6.87. The fourth-order valence-electron chi connectivity index (χ4n) is 1.74. The highest BCUT2D eigenvalue weighted by atomic mass is 32.2. The Morgan fingerprint density at radius 1 is 1.38 bits per heavy atom. The Morgan fingerprint density at radius 2 is 2.05 bits per heavy atom. The molecular weight excluding hydrogens is 295 g/mol. The molecule has 0 saturated carbocycles. The lowest BCUT2D eigenvalue weighted by molar-refractivity contribution is 0.108. The predicted molar refractivity (Wildman–Crippen MR) is 81.0 cm³/mol. The molecule has 0 fully saturated rings. The highest BCUT2D eigenvalue weighted by molar-refractivity contribution is 7.89. The number of hydrogen-bond donors (Lipinski definition) is 2. The van der Waals surface area contributed by atoms with Crippen LogP contribution in [0.2, 0.25) is 0 Å². The first-order chi connectivity index (χ1) is 9.74. The van der Waals surface area contributed by atoms with Crippen molar-refractivity contribution in [1.82, 2.24) is 4.72 Å². The van der Waals surface area contributed by atoms with Crippen molar-refractivity contribution in [3.63, 3.8) is 0 Å². The van der Waals surface area contributed by atoms with Crippen LogP contribution in [0.4, 0.5) is 10.1 Å². The number of rotatable bonds is 8. The predicted octanol–water partition coefficient (Wildman–Crippen LogP) is 2.06. The zero-order valence-corrected chi connectivity index (χ0v) is 13.5. The van der Waals surface area contributed by atoms with Gasteiger partial charge in [0.1, 0.15) is 5.82 Å². The highest BCUT2D eigenvalue weighted by Crippen LogP contribution is 2.21. The summed E-state index contributed by atoms with van der Waals surface area (Å²) in [6.45, 7) is 7.03. The second-order valence-electron chi connectivity index (χ2n) is 5.36. The summed E-state index contributed by atoms with van der Waals surface area (Å²) in [5, 5.41) is 0. The maximum absolute atomic E-state index is 13.2. The van der Waals surface area contributed by atoms with E-state index in [4.69, 9.17) is 10.5 Å². The molecule has 0 radical (unpaired) electrons. The van der Waals surface area contributed by atoms with E-state index in [1.54, 1.807) is 0 Å². The van der Waals surface area contributed by atoms with Crippen molar-refractivity contribution in [2.75, 3.05) is 25.5 Å². The summed E-state index contributed by atoms with van der Waals surface area (Å²) in [4.78, 5) is 0.00417. The van der Waals surface area contributed by atoms with Gasteiger partial charge in [0.25, 0.3) is 0 Å². The van der Waals surface area contributed by atoms with E-state index in [-0.39, 0.29) is 17.1 Å². The molecule has 1 rings (SSSR count). The molecule has 1 aromatic carbocycles. The highest BCUT2D eigenvalue weighted by Gasteiger charge is 2.18. The number of hydrogen-bond acceptors (Lipinski definition) is 4. The van der Waals surface area contributed by atoms with Crippen molar-refractivity contribution >= 4 is 15.7 Å². The first kappa shape index (κ1) is 17.9. The lowest BCUT2D eigenvalue weighted by atomic mass is 10.2. The van der Waals surface area contributed by atoms with E-state index in [1.165, 1.54) is 6.92 Å². The van der Waals surface area contributed by atoms with Crippen LogP contribution in [-0.4, -0.2) is 28.2 Å². The lowest BCUT2D eigenvalue weighted by Gasteiger charge is -2.11. The molecule has 120 valence electrons. The van der Waals surface area contributed by atoms with E-state index < -0.39 is 15.8 Å². The molecule has 0 amide bonds. The molecule has 0 aliphatic rings. The monoisotopic (exact) mass is 318 g/mol. The molecule has 0 bridgehead atoms. The molecule has 0 aromatic heterocycles. The van der Waals surface area contributed by atoms with Gasteiger partial charge in [-0.2, -0.15) is 0 Å². The number of sulfonamides is 1. The fraction of sp³-hybridized carbons (Fsp3) is 0.571. The van der Waals surface area contributed by atoms with Crippen molar-refractivity contribution in [2.45, 2.75) is 32.1 Å². The Labute approximate surface area is 125 Å².